The van der Waals surface area contributed by atoms with E-state index in [9.17, 15) is 4.79 Å². The molecule has 1 aromatic heterocycles. The topological polar surface area (TPSA) is 52.3 Å². The van der Waals surface area contributed by atoms with E-state index in [0.717, 1.165) is 6.42 Å². The van der Waals surface area contributed by atoms with E-state index in [1.165, 1.54) is 25.2 Å². The monoisotopic (exact) mass is 270 g/mol. The standard InChI is InChI=1S/C13H21NO3P/c1-9(2)11-5-4-10(3)8-12(11)17-18-14-13(15)6-7-16-18/h6-7,9-12H,4-5,8H2,1-3H3/q+1. The Morgan fingerprint density at radius 2 is 2.28 bits per heavy atom. The normalized spacial score (nSPS) is 29.6. The van der Waals surface area contributed by atoms with Crippen LogP contribution in [0.2, 0.25) is 0 Å². The third-order valence-corrected chi connectivity index (χ3v) is 4.84. The van der Waals surface area contributed by atoms with Gasteiger partial charge in [0.05, 0.1) is 0 Å². The van der Waals surface area contributed by atoms with Crippen LogP contribution in [0.5, 0.6) is 0 Å². The van der Waals surface area contributed by atoms with Gasteiger partial charge >= 0.3 is 13.7 Å². The van der Waals surface area contributed by atoms with Crippen molar-refractivity contribution in [3.63, 3.8) is 0 Å². The summed E-state index contributed by atoms with van der Waals surface area (Å²) in [6, 6.07) is 1.33. The molecule has 0 aromatic carbocycles. The quantitative estimate of drug-likeness (QED) is 0.846. The highest BCUT2D eigenvalue weighted by molar-refractivity contribution is 7.33. The molecular formula is C13H21NO3P+. The van der Waals surface area contributed by atoms with E-state index < -0.39 is 8.16 Å². The lowest BCUT2D eigenvalue weighted by molar-refractivity contribution is 0.0776. The summed E-state index contributed by atoms with van der Waals surface area (Å²) in [5.41, 5.74) is -0.252. The minimum Gasteiger partial charge on any atom is -0.263 e. The molecule has 4 unspecified atom stereocenters. The van der Waals surface area contributed by atoms with E-state index in [1.807, 2.05) is 0 Å². The van der Waals surface area contributed by atoms with Crippen molar-refractivity contribution in [1.29, 1.82) is 0 Å². The Bertz CT molecular complexity index is 446. The molecule has 1 aliphatic carbocycles. The van der Waals surface area contributed by atoms with Crippen LogP contribution in [-0.2, 0) is 0 Å². The lowest BCUT2D eigenvalue weighted by atomic mass is 9.75. The average Bonchev–Trinajstić information content (AvgIpc) is 2.28. The molecule has 0 bridgehead atoms. The second-order valence-electron chi connectivity index (χ2n) is 5.55. The Hall–Kier alpha value is -0.730. The van der Waals surface area contributed by atoms with E-state index >= 15 is 0 Å². The molecule has 0 saturated heterocycles. The molecule has 0 aliphatic heterocycles. The maximum absolute atomic E-state index is 11.2. The minimum absolute atomic E-state index is 0.169. The maximum atomic E-state index is 11.2. The van der Waals surface area contributed by atoms with Gasteiger partial charge in [-0.1, -0.05) is 27.2 Å². The van der Waals surface area contributed by atoms with Crippen LogP contribution in [0.4, 0.5) is 0 Å². The molecule has 100 valence electrons. The molecule has 0 amide bonds. The first-order valence-electron chi connectivity index (χ1n) is 6.62. The van der Waals surface area contributed by atoms with Gasteiger partial charge in [-0.15, -0.1) is 4.52 Å². The zero-order valence-corrected chi connectivity index (χ0v) is 12.1. The summed E-state index contributed by atoms with van der Waals surface area (Å²) in [5, 5.41) is 0. The fraction of sp³-hybridized carbons (Fsp3) is 0.769. The summed E-state index contributed by atoms with van der Waals surface area (Å²) in [6.45, 7) is 6.71. The van der Waals surface area contributed by atoms with Crippen LogP contribution in [0, 0.1) is 17.8 Å². The van der Waals surface area contributed by atoms with Crippen molar-refractivity contribution in [1.82, 2.24) is 4.75 Å². The first kappa shape index (κ1) is 13.7. The summed E-state index contributed by atoms with van der Waals surface area (Å²) < 4.78 is 15.1. The van der Waals surface area contributed by atoms with Crippen LogP contribution >= 0.6 is 8.16 Å². The third-order valence-electron chi connectivity index (χ3n) is 3.73. The van der Waals surface area contributed by atoms with Gasteiger partial charge in [0, 0.05) is 10.8 Å². The smallest absolute Gasteiger partial charge is 0.263 e. The van der Waals surface area contributed by atoms with Crippen LogP contribution in [0.15, 0.2) is 21.3 Å². The molecule has 18 heavy (non-hydrogen) atoms. The van der Waals surface area contributed by atoms with Crippen molar-refractivity contribution in [2.24, 2.45) is 17.8 Å². The second-order valence-corrected chi connectivity index (χ2v) is 6.65. The van der Waals surface area contributed by atoms with Crippen molar-refractivity contribution in [3.8, 4) is 0 Å². The lowest BCUT2D eigenvalue weighted by Crippen LogP contribution is -2.36. The minimum atomic E-state index is -1.42. The van der Waals surface area contributed by atoms with Crippen molar-refractivity contribution in [2.75, 3.05) is 0 Å². The molecule has 4 nitrogen and oxygen atoms in total. The van der Waals surface area contributed by atoms with Gasteiger partial charge in [-0.25, -0.2) is 0 Å². The van der Waals surface area contributed by atoms with Gasteiger partial charge in [-0.2, -0.15) is 0 Å². The van der Waals surface area contributed by atoms with Crippen molar-refractivity contribution in [2.45, 2.75) is 46.1 Å². The highest BCUT2D eigenvalue weighted by Crippen LogP contribution is 2.37. The highest BCUT2D eigenvalue weighted by Gasteiger charge is 2.36. The van der Waals surface area contributed by atoms with Gasteiger partial charge in [0.1, 0.15) is 6.10 Å². The number of aromatic nitrogens is 1. The van der Waals surface area contributed by atoms with Crippen molar-refractivity contribution < 1.29 is 8.72 Å². The molecular weight excluding hydrogens is 249 g/mol. The van der Waals surface area contributed by atoms with Crippen LogP contribution in [0.25, 0.3) is 0 Å². The Morgan fingerprint density at radius 3 is 2.94 bits per heavy atom. The predicted octanol–water partition coefficient (Wildman–Crippen LogP) is 3.19. The molecule has 1 fully saturated rings. The number of hydrogen-bond donors (Lipinski definition) is 0. The number of rotatable bonds is 3. The van der Waals surface area contributed by atoms with Crippen molar-refractivity contribution >= 4 is 8.16 Å². The first-order chi connectivity index (χ1) is 8.56. The first-order valence-corrected chi connectivity index (χ1v) is 7.75. The SMILES string of the molecule is CC1CCC(C(C)C)C(O[p+]2nc(=O)cco2)C1. The van der Waals surface area contributed by atoms with E-state index in [1.54, 1.807) is 0 Å². The molecule has 0 N–H and O–H groups in total. The molecule has 2 rings (SSSR count). The Morgan fingerprint density at radius 1 is 1.50 bits per heavy atom. The summed E-state index contributed by atoms with van der Waals surface area (Å²) in [7, 11) is -1.42. The largest absolute Gasteiger partial charge is 0.621 e. The molecule has 1 aromatic rings. The highest BCUT2D eigenvalue weighted by atomic mass is 31.1. The molecule has 1 saturated carbocycles. The maximum Gasteiger partial charge on any atom is 0.621 e. The molecule has 1 heterocycles. The summed E-state index contributed by atoms with van der Waals surface area (Å²) >= 11 is 0. The van der Waals surface area contributed by atoms with E-state index in [-0.39, 0.29) is 11.7 Å². The van der Waals surface area contributed by atoms with E-state index in [4.69, 9.17) is 8.72 Å². The van der Waals surface area contributed by atoms with Gasteiger partial charge in [-0.3, -0.25) is 8.99 Å². The molecule has 4 atom stereocenters. The zero-order chi connectivity index (χ0) is 13.1. The summed E-state index contributed by atoms with van der Waals surface area (Å²) in [4.78, 5) is 11.2. The van der Waals surface area contributed by atoms with Gasteiger partial charge in [0.15, 0.2) is 6.26 Å². The lowest BCUT2D eigenvalue weighted by Gasteiger charge is -2.33. The molecule has 0 spiro atoms. The van der Waals surface area contributed by atoms with Crippen LogP contribution in [-0.4, -0.2) is 10.9 Å². The van der Waals surface area contributed by atoms with Crippen LogP contribution in [0.1, 0.15) is 40.0 Å². The summed E-state index contributed by atoms with van der Waals surface area (Å²) in [5.74, 6) is 1.81. The van der Waals surface area contributed by atoms with E-state index in [0.29, 0.717) is 17.8 Å². The molecule has 1 aliphatic rings. The second kappa shape index (κ2) is 5.94. The summed E-state index contributed by atoms with van der Waals surface area (Å²) in [6.07, 6.45) is 5.06. The number of nitrogens with zero attached hydrogens (tertiary/aromatic N) is 1. The van der Waals surface area contributed by atoms with Gasteiger partial charge < -0.3 is 0 Å². The predicted molar refractivity (Wildman–Crippen MR) is 71.6 cm³/mol. The third kappa shape index (κ3) is 3.39. The van der Waals surface area contributed by atoms with Crippen LogP contribution in [0.3, 0.4) is 0 Å². The Kier molecular flexibility index (Phi) is 4.52. The Labute approximate surface area is 109 Å². The number of hydrogen-bond acceptors (Lipinski definition) is 4. The average molecular weight is 270 g/mol. The molecule has 0 radical (unpaired) electrons. The van der Waals surface area contributed by atoms with Gasteiger partial charge in [0.25, 0.3) is 0 Å². The van der Waals surface area contributed by atoms with E-state index in [2.05, 4.69) is 25.5 Å². The van der Waals surface area contributed by atoms with Gasteiger partial charge in [-0.05, 0) is 30.6 Å². The fourth-order valence-corrected chi connectivity index (χ4v) is 3.69. The fourth-order valence-electron chi connectivity index (χ4n) is 2.68. The van der Waals surface area contributed by atoms with Crippen molar-refractivity contribution in [3.05, 3.63) is 22.7 Å². The zero-order valence-electron chi connectivity index (χ0n) is 11.2. The van der Waals surface area contributed by atoms with Gasteiger partial charge in [0.2, 0.25) is 0 Å². The van der Waals surface area contributed by atoms with Crippen LogP contribution < -0.4 is 10.1 Å². The Balaban J connectivity index is 2.11. The molecule has 5 heteroatoms.